The minimum Gasteiger partial charge on any atom is -0.478 e. The second kappa shape index (κ2) is 10.1. The first-order chi connectivity index (χ1) is 14.0. The van der Waals surface area contributed by atoms with Gasteiger partial charge in [-0.05, 0) is 49.1 Å². The summed E-state index contributed by atoms with van der Waals surface area (Å²) in [6.45, 7) is 3.93. The molecule has 0 radical (unpaired) electrons. The predicted octanol–water partition coefficient (Wildman–Crippen LogP) is 3.44. The zero-order valence-electron chi connectivity index (χ0n) is 16.9. The van der Waals surface area contributed by atoms with Crippen molar-refractivity contribution in [1.82, 2.24) is 15.1 Å². The fourth-order valence-electron chi connectivity index (χ4n) is 3.77. The highest BCUT2D eigenvalue weighted by atomic mass is 16.4. The number of aromatic carboxylic acids is 1. The second-order valence-corrected chi connectivity index (χ2v) is 7.77. The number of urea groups is 1. The number of carbonyl (C=O) groups is 2. The van der Waals surface area contributed by atoms with Crippen LogP contribution in [0.25, 0.3) is 0 Å². The smallest absolute Gasteiger partial charge is 0.335 e. The van der Waals surface area contributed by atoms with Gasteiger partial charge in [0.15, 0.2) is 0 Å². The Morgan fingerprint density at radius 2 is 1.69 bits per heavy atom. The highest BCUT2D eigenvalue weighted by molar-refractivity contribution is 5.87. The Kier molecular flexibility index (Phi) is 7.25. The minimum absolute atomic E-state index is 0.0524. The molecule has 0 aromatic heterocycles. The second-order valence-electron chi connectivity index (χ2n) is 7.77. The van der Waals surface area contributed by atoms with E-state index in [0.29, 0.717) is 12.5 Å². The Morgan fingerprint density at radius 3 is 2.31 bits per heavy atom. The quantitative estimate of drug-likeness (QED) is 0.753. The van der Waals surface area contributed by atoms with Crippen LogP contribution in [0.3, 0.4) is 0 Å². The third-order valence-electron chi connectivity index (χ3n) is 5.41. The fourth-order valence-corrected chi connectivity index (χ4v) is 3.77. The molecule has 154 valence electrons. The number of carboxylic acid groups (broad SMARTS) is 1. The van der Waals surface area contributed by atoms with Gasteiger partial charge in [0.2, 0.25) is 0 Å². The van der Waals surface area contributed by atoms with Crippen LogP contribution in [0.5, 0.6) is 0 Å². The van der Waals surface area contributed by atoms with Gasteiger partial charge in [-0.15, -0.1) is 0 Å². The molecular weight excluding hydrogens is 366 g/mol. The highest BCUT2D eigenvalue weighted by Gasteiger charge is 2.23. The third-order valence-corrected chi connectivity index (χ3v) is 5.41. The zero-order chi connectivity index (χ0) is 20.6. The molecule has 0 bridgehead atoms. The predicted molar refractivity (Wildman–Crippen MR) is 113 cm³/mol. The molecule has 1 aliphatic rings. The van der Waals surface area contributed by atoms with Gasteiger partial charge in [-0.3, -0.25) is 0 Å². The van der Waals surface area contributed by atoms with Crippen molar-refractivity contribution in [3.63, 3.8) is 0 Å². The van der Waals surface area contributed by atoms with Gasteiger partial charge in [0, 0.05) is 32.7 Å². The molecule has 2 amide bonds. The van der Waals surface area contributed by atoms with E-state index in [2.05, 4.69) is 41.5 Å². The molecule has 2 aromatic rings. The van der Waals surface area contributed by atoms with E-state index in [1.165, 1.54) is 5.56 Å². The molecule has 1 heterocycles. The van der Waals surface area contributed by atoms with Gasteiger partial charge < -0.3 is 20.2 Å². The maximum Gasteiger partial charge on any atom is 0.335 e. The highest BCUT2D eigenvalue weighted by Crippen LogP contribution is 2.19. The Bertz CT molecular complexity index is 800. The van der Waals surface area contributed by atoms with E-state index in [1.807, 2.05) is 11.0 Å². The average Bonchev–Trinajstić information content (AvgIpc) is 2.73. The van der Waals surface area contributed by atoms with Crippen molar-refractivity contribution in [2.75, 3.05) is 26.7 Å². The third kappa shape index (κ3) is 6.32. The average molecular weight is 396 g/mol. The van der Waals surface area contributed by atoms with Crippen LogP contribution in [-0.2, 0) is 13.1 Å². The molecule has 2 aromatic carbocycles. The molecule has 6 heteroatoms. The number of nitrogens with one attached hydrogen (secondary N) is 1. The van der Waals surface area contributed by atoms with Gasteiger partial charge in [0.1, 0.15) is 0 Å². The molecule has 1 aliphatic heterocycles. The van der Waals surface area contributed by atoms with Crippen LogP contribution < -0.4 is 5.32 Å². The number of rotatable bonds is 7. The lowest BCUT2D eigenvalue weighted by molar-refractivity contribution is 0.0697. The summed E-state index contributed by atoms with van der Waals surface area (Å²) < 4.78 is 0. The molecule has 29 heavy (non-hydrogen) atoms. The van der Waals surface area contributed by atoms with Crippen molar-refractivity contribution in [1.29, 1.82) is 0 Å². The van der Waals surface area contributed by atoms with E-state index in [9.17, 15) is 9.59 Å². The van der Waals surface area contributed by atoms with Crippen LogP contribution in [-0.4, -0.2) is 53.6 Å². The van der Waals surface area contributed by atoms with Crippen LogP contribution in [0.15, 0.2) is 54.6 Å². The lowest BCUT2D eigenvalue weighted by Gasteiger charge is -2.34. The zero-order valence-corrected chi connectivity index (χ0v) is 16.9. The summed E-state index contributed by atoms with van der Waals surface area (Å²) in [6.07, 6.45) is 2.03. The van der Waals surface area contributed by atoms with Crippen molar-refractivity contribution in [2.45, 2.75) is 25.9 Å². The number of nitrogens with zero attached hydrogens (tertiary/aromatic N) is 2. The molecule has 3 rings (SSSR count). The molecular formula is C23H29N3O3. The summed E-state index contributed by atoms with van der Waals surface area (Å²) in [6, 6.07) is 17.0. The molecule has 1 saturated heterocycles. The van der Waals surface area contributed by atoms with Gasteiger partial charge in [0.25, 0.3) is 0 Å². The largest absolute Gasteiger partial charge is 0.478 e. The van der Waals surface area contributed by atoms with Gasteiger partial charge in [-0.25, -0.2) is 9.59 Å². The van der Waals surface area contributed by atoms with E-state index in [0.717, 1.165) is 44.6 Å². The Hall–Kier alpha value is -2.86. The maximum atomic E-state index is 12.4. The Balaban J connectivity index is 1.38. The lowest BCUT2D eigenvalue weighted by atomic mass is 9.96. The van der Waals surface area contributed by atoms with Crippen LogP contribution >= 0.6 is 0 Å². The normalized spacial score (nSPS) is 14.8. The summed E-state index contributed by atoms with van der Waals surface area (Å²) in [4.78, 5) is 27.5. The van der Waals surface area contributed by atoms with Gasteiger partial charge in [-0.1, -0.05) is 42.5 Å². The first-order valence-corrected chi connectivity index (χ1v) is 10.1. The minimum atomic E-state index is -0.946. The number of hydrogen-bond donors (Lipinski definition) is 2. The summed E-state index contributed by atoms with van der Waals surface area (Å²) in [7, 11) is 2.15. The molecule has 0 unspecified atom stereocenters. The number of carbonyl (C=O) groups excluding carboxylic acids is 1. The molecule has 0 aliphatic carbocycles. The number of piperidine rings is 1. The molecule has 1 fully saturated rings. The van der Waals surface area contributed by atoms with Crippen LogP contribution in [0, 0.1) is 5.92 Å². The molecule has 0 atom stereocenters. The van der Waals surface area contributed by atoms with Crippen molar-refractivity contribution in [3.8, 4) is 0 Å². The number of hydrogen-bond acceptors (Lipinski definition) is 3. The van der Waals surface area contributed by atoms with Crippen molar-refractivity contribution in [3.05, 3.63) is 71.3 Å². The number of benzene rings is 2. The van der Waals surface area contributed by atoms with E-state index < -0.39 is 5.97 Å². The SMILES string of the molecule is CN(Cc1ccccc1)CC1CCN(C(=O)NCc2ccc(C(=O)O)cc2)CC1. The van der Waals surface area contributed by atoms with Crippen LogP contribution in [0.2, 0.25) is 0 Å². The van der Waals surface area contributed by atoms with Gasteiger partial charge in [0.05, 0.1) is 5.56 Å². The van der Waals surface area contributed by atoms with E-state index in [-0.39, 0.29) is 11.6 Å². The first-order valence-electron chi connectivity index (χ1n) is 10.1. The first kappa shape index (κ1) is 20.9. The molecule has 0 spiro atoms. The fraction of sp³-hybridized carbons (Fsp3) is 0.391. The van der Waals surface area contributed by atoms with E-state index in [4.69, 9.17) is 5.11 Å². The summed E-state index contributed by atoms with van der Waals surface area (Å²) in [5, 5.41) is 11.9. The summed E-state index contributed by atoms with van der Waals surface area (Å²) in [5.74, 6) is -0.339. The van der Waals surface area contributed by atoms with E-state index >= 15 is 0 Å². The molecule has 2 N–H and O–H groups in total. The van der Waals surface area contributed by atoms with Crippen LogP contribution in [0.1, 0.15) is 34.3 Å². The van der Waals surface area contributed by atoms with Crippen molar-refractivity contribution >= 4 is 12.0 Å². The number of likely N-dealkylation sites (tertiary alicyclic amines) is 1. The van der Waals surface area contributed by atoms with Crippen molar-refractivity contribution < 1.29 is 14.7 Å². The Labute approximate surface area is 172 Å². The van der Waals surface area contributed by atoms with Crippen molar-refractivity contribution in [2.24, 2.45) is 5.92 Å². The maximum absolute atomic E-state index is 12.4. The summed E-state index contributed by atoms with van der Waals surface area (Å²) in [5.41, 5.74) is 2.46. The van der Waals surface area contributed by atoms with Gasteiger partial charge in [-0.2, -0.15) is 0 Å². The summed E-state index contributed by atoms with van der Waals surface area (Å²) >= 11 is 0. The molecule has 6 nitrogen and oxygen atoms in total. The topological polar surface area (TPSA) is 72.9 Å². The number of carboxylic acids is 1. The Morgan fingerprint density at radius 1 is 1.03 bits per heavy atom. The lowest BCUT2D eigenvalue weighted by Crippen LogP contribution is -2.45. The number of amides is 2. The van der Waals surface area contributed by atoms with Crippen LogP contribution in [0.4, 0.5) is 4.79 Å². The standard InChI is InChI=1S/C23H29N3O3/c1-25(16-19-5-3-2-4-6-19)17-20-11-13-26(14-12-20)23(29)24-15-18-7-9-21(10-8-18)22(27)28/h2-10,20H,11-17H2,1H3,(H,24,29)(H,27,28). The van der Waals surface area contributed by atoms with E-state index in [1.54, 1.807) is 24.3 Å². The van der Waals surface area contributed by atoms with Gasteiger partial charge >= 0.3 is 12.0 Å². The molecule has 0 saturated carbocycles. The monoisotopic (exact) mass is 395 g/mol.